The van der Waals surface area contributed by atoms with Crippen LogP contribution in [0.4, 0.5) is 5.69 Å². The van der Waals surface area contributed by atoms with Crippen molar-refractivity contribution >= 4 is 28.9 Å². The van der Waals surface area contributed by atoms with Gasteiger partial charge in [0.1, 0.15) is 4.88 Å². The lowest BCUT2D eigenvalue weighted by molar-refractivity contribution is 0.0602. The molecule has 1 N–H and O–H groups in total. The molecule has 1 aliphatic rings. The van der Waals surface area contributed by atoms with Gasteiger partial charge in [-0.3, -0.25) is 4.79 Å². The van der Waals surface area contributed by atoms with E-state index in [1.54, 1.807) is 5.38 Å². The third kappa shape index (κ3) is 2.50. The van der Waals surface area contributed by atoms with E-state index in [-0.39, 0.29) is 5.91 Å². The Morgan fingerprint density at radius 2 is 2.14 bits per heavy atom. The molecule has 1 amide bonds. The molecular weight excluding hydrogens is 288 g/mol. The van der Waals surface area contributed by atoms with Gasteiger partial charge >= 0.3 is 5.97 Å². The lowest BCUT2D eigenvalue weighted by atomic mass is 10.1. The second kappa shape index (κ2) is 5.57. The van der Waals surface area contributed by atoms with Crippen LogP contribution < -0.4 is 10.2 Å². The molecule has 21 heavy (non-hydrogen) atoms. The summed E-state index contributed by atoms with van der Waals surface area (Å²) >= 11 is 1.26. The van der Waals surface area contributed by atoms with Crippen molar-refractivity contribution in [2.75, 3.05) is 18.7 Å². The fraction of sp³-hybridized carbons (Fsp3) is 0.200. The molecule has 2 heterocycles. The van der Waals surface area contributed by atoms with Gasteiger partial charge in [-0.05, 0) is 5.56 Å². The number of carbonyl (C=O) groups excluding carboxylic acids is 2. The molecule has 1 aliphatic heterocycles. The zero-order valence-corrected chi connectivity index (χ0v) is 12.3. The molecule has 0 spiro atoms. The standard InChI is InChI=1S/C15H14N2O3S/c1-20-15(19)11-8-21-13-12(11)17(9-16-14(13)18)7-10-5-3-2-4-6-10/h2-6,8H,7,9H2,1H3,(H,16,18). The summed E-state index contributed by atoms with van der Waals surface area (Å²) in [7, 11) is 1.34. The molecule has 5 nitrogen and oxygen atoms in total. The first kappa shape index (κ1) is 13.6. The number of ether oxygens (including phenoxy) is 1. The van der Waals surface area contributed by atoms with Crippen LogP contribution in [0.15, 0.2) is 35.7 Å². The molecule has 0 saturated heterocycles. The van der Waals surface area contributed by atoms with E-state index in [1.165, 1.54) is 18.4 Å². The van der Waals surface area contributed by atoms with E-state index in [0.29, 0.717) is 29.3 Å². The Kier molecular flexibility index (Phi) is 3.62. The van der Waals surface area contributed by atoms with Crippen LogP contribution in [0.1, 0.15) is 25.6 Å². The predicted molar refractivity (Wildman–Crippen MR) is 80.6 cm³/mol. The molecule has 0 unspecified atom stereocenters. The molecule has 108 valence electrons. The average Bonchev–Trinajstić information content (AvgIpc) is 2.96. The minimum absolute atomic E-state index is 0.144. The molecule has 6 heteroatoms. The molecular formula is C15H14N2O3S. The summed E-state index contributed by atoms with van der Waals surface area (Å²) in [4.78, 5) is 26.3. The normalized spacial score (nSPS) is 13.6. The monoisotopic (exact) mass is 302 g/mol. The van der Waals surface area contributed by atoms with Gasteiger partial charge in [-0.25, -0.2) is 4.79 Å². The van der Waals surface area contributed by atoms with Gasteiger partial charge < -0.3 is 15.0 Å². The average molecular weight is 302 g/mol. The number of nitrogens with one attached hydrogen (secondary N) is 1. The van der Waals surface area contributed by atoms with Crippen molar-refractivity contribution in [3.63, 3.8) is 0 Å². The van der Waals surface area contributed by atoms with Gasteiger partial charge in [0.05, 0.1) is 25.0 Å². The van der Waals surface area contributed by atoms with E-state index >= 15 is 0 Å². The van der Waals surface area contributed by atoms with Gasteiger partial charge in [0.2, 0.25) is 0 Å². The lowest BCUT2D eigenvalue weighted by Crippen LogP contribution is -2.42. The minimum Gasteiger partial charge on any atom is -0.465 e. The Bertz CT molecular complexity index is 681. The number of methoxy groups -OCH3 is 1. The van der Waals surface area contributed by atoms with Crippen LogP contribution in [0.25, 0.3) is 0 Å². The Morgan fingerprint density at radius 1 is 1.38 bits per heavy atom. The van der Waals surface area contributed by atoms with Gasteiger partial charge in [-0.1, -0.05) is 30.3 Å². The quantitative estimate of drug-likeness (QED) is 0.883. The second-order valence-electron chi connectivity index (χ2n) is 4.67. The SMILES string of the molecule is COC(=O)c1csc2c1N(Cc1ccccc1)CNC2=O. The van der Waals surface area contributed by atoms with Crippen LogP contribution in [-0.2, 0) is 11.3 Å². The number of hydrogen-bond acceptors (Lipinski definition) is 5. The van der Waals surface area contributed by atoms with Gasteiger partial charge in [0.25, 0.3) is 5.91 Å². The summed E-state index contributed by atoms with van der Waals surface area (Å²) in [5.41, 5.74) is 2.23. The number of benzene rings is 1. The number of nitrogens with zero attached hydrogens (tertiary/aromatic N) is 1. The Labute approximate surface area is 126 Å². The first-order valence-electron chi connectivity index (χ1n) is 6.47. The highest BCUT2D eigenvalue weighted by atomic mass is 32.1. The van der Waals surface area contributed by atoms with Crippen molar-refractivity contribution in [2.24, 2.45) is 0 Å². The highest BCUT2D eigenvalue weighted by molar-refractivity contribution is 7.13. The van der Waals surface area contributed by atoms with Gasteiger partial charge in [0, 0.05) is 11.9 Å². The van der Waals surface area contributed by atoms with Crippen LogP contribution in [-0.4, -0.2) is 25.7 Å². The fourth-order valence-corrected chi connectivity index (χ4v) is 3.32. The third-order valence-corrected chi connectivity index (χ3v) is 4.31. The maximum Gasteiger partial charge on any atom is 0.340 e. The molecule has 0 saturated carbocycles. The molecule has 0 radical (unpaired) electrons. The number of carbonyl (C=O) groups is 2. The number of anilines is 1. The van der Waals surface area contributed by atoms with Crippen LogP contribution >= 0.6 is 11.3 Å². The molecule has 1 aromatic heterocycles. The van der Waals surface area contributed by atoms with Crippen molar-refractivity contribution in [3.8, 4) is 0 Å². The van der Waals surface area contributed by atoms with Gasteiger partial charge in [-0.2, -0.15) is 0 Å². The summed E-state index contributed by atoms with van der Waals surface area (Å²) < 4.78 is 4.80. The molecule has 0 aliphatic carbocycles. The molecule has 0 fully saturated rings. The van der Waals surface area contributed by atoms with E-state index < -0.39 is 5.97 Å². The van der Waals surface area contributed by atoms with Crippen molar-refractivity contribution < 1.29 is 14.3 Å². The van der Waals surface area contributed by atoms with Gasteiger partial charge in [-0.15, -0.1) is 11.3 Å². The first-order chi connectivity index (χ1) is 10.2. The molecule has 0 bridgehead atoms. The molecule has 1 aromatic carbocycles. The summed E-state index contributed by atoms with van der Waals surface area (Å²) in [6, 6.07) is 9.92. The number of thiophene rings is 1. The van der Waals surface area contributed by atoms with Crippen molar-refractivity contribution in [2.45, 2.75) is 6.54 Å². The zero-order valence-electron chi connectivity index (χ0n) is 11.5. The number of fused-ring (bicyclic) bond motifs is 1. The number of amides is 1. The van der Waals surface area contributed by atoms with Crippen LogP contribution in [0.5, 0.6) is 0 Å². The smallest absolute Gasteiger partial charge is 0.340 e. The van der Waals surface area contributed by atoms with Crippen molar-refractivity contribution in [1.82, 2.24) is 5.32 Å². The number of rotatable bonds is 3. The summed E-state index contributed by atoms with van der Waals surface area (Å²) in [5, 5.41) is 4.50. The predicted octanol–water partition coefficient (Wildman–Crippen LogP) is 2.24. The fourth-order valence-electron chi connectivity index (χ4n) is 2.35. The number of hydrogen-bond donors (Lipinski definition) is 1. The molecule has 2 aromatic rings. The Morgan fingerprint density at radius 3 is 2.86 bits per heavy atom. The topological polar surface area (TPSA) is 58.6 Å². The Balaban J connectivity index is 1.98. The van der Waals surface area contributed by atoms with E-state index in [9.17, 15) is 9.59 Å². The largest absolute Gasteiger partial charge is 0.465 e. The minimum atomic E-state index is -0.416. The Hall–Kier alpha value is -2.34. The summed E-state index contributed by atoms with van der Waals surface area (Å²) in [5.74, 6) is -0.560. The van der Waals surface area contributed by atoms with E-state index in [4.69, 9.17) is 4.74 Å². The zero-order chi connectivity index (χ0) is 14.8. The second-order valence-corrected chi connectivity index (χ2v) is 5.55. The molecule has 0 atom stereocenters. The van der Waals surface area contributed by atoms with E-state index in [0.717, 1.165) is 5.56 Å². The van der Waals surface area contributed by atoms with E-state index in [1.807, 2.05) is 35.2 Å². The first-order valence-corrected chi connectivity index (χ1v) is 7.35. The highest BCUT2D eigenvalue weighted by Gasteiger charge is 2.30. The third-order valence-electron chi connectivity index (χ3n) is 3.34. The van der Waals surface area contributed by atoms with Crippen LogP contribution in [0.3, 0.4) is 0 Å². The molecule has 3 rings (SSSR count). The summed E-state index contributed by atoms with van der Waals surface area (Å²) in [6.07, 6.45) is 0. The van der Waals surface area contributed by atoms with Crippen molar-refractivity contribution in [1.29, 1.82) is 0 Å². The van der Waals surface area contributed by atoms with Gasteiger partial charge in [0.15, 0.2) is 0 Å². The van der Waals surface area contributed by atoms with Crippen LogP contribution in [0.2, 0.25) is 0 Å². The maximum absolute atomic E-state index is 11.9. The maximum atomic E-state index is 11.9. The van der Waals surface area contributed by atoms with E-state index in [2.05, 4.69) is 5.32 Å². The van der Waals surface area contributed by atoms with Crippen molar-refractivity contribution in [3.05, 3.63) is 51.7 Å². The summed E-state index contributed by atoms with van der Waals surface area (Å²) in [6.45, 7) is 0.996. The number of esters is 1. The lowest BCUT2D eigenvalue weighted by Gasteiger charge is -2.30. The highest BCUT2D eigenvalue weighted by Crippen LogP contribution is 2.35. The van der Waals surface area contributed by atoms with Crippen LogP contribution in [0, 0.1) is 0 Å².